The monoisotopic (exact) mass is 514 g/mol. The van der Waals surface area contributed by atoms with Crippen LogP contribution in [0.15, 0.2) is 133 Å². The van der Waals surface area contributed by atoms with Gasteiger partial charge in [0.15, 0.2) is 0 Å². The van der Waals surface area contributed by atoms with E-state index in [0.717, 1.165) is 0 Å². The van der Waals surface area contributed by atoms with Gasteiger partial charge in [0.05, 0.1) is 27.8 Å². The molecule has 0 saturated carbocycles. The molecule has 0 spiro atoms. The van der Waals surface area contributed by atoms with Gasteiger partial charge in [-0.2, -0.15) is 0 Å². The predicted molar refractivity (Wildman–Crippen MR) is 168 cm³/mol. The van der Waals surface area contributed by atoms with Crippen molar-refractivity contribution in [3.63, 3.8) is 0 Å². The molecule has 3 aromatic heterocycles. The first-order chi connectivity index (χ1) is 19.4. The Labute approximate surface area is 228 Å². The molecule has 0 bridgehead atoms. The van der Waals surface area contributed by atoms with Crippen LogP contribution in [-0.4, -0.2) is 9.13 Å². The molecule has 2 nitrogen and oxygen atoms in total. The highest BCUT2D eigenvalue weighted by Gasteiger charge is 2.20. The zero-order chi connectivity index (χ0) is 25.5. The molecule has 0 saturated heterocycles. The minimum atomic E-state index is 1.18. The quantitative estimate of drug-likeness (QED) is 0.217. The summed E-state index contributed by atoms with van der Waals surface area (Å²) in [6.45, 7) is 0. The third-order valence-corrected chi connectivity index (χ3v) is 9.24. The molecular formula is C36H22N2S. The van der Waals surface area contributed by atoms with Gasteiger partial charge >= 0.3 is 0 Å². The molecule has 0 unspecified atom stereocenters. The minimum absolute atomic E-state index is 1.18. The second kappa shape index (κ2) is 7.83. The molecule has 0 aliphatic rings. The first-order valence-corrected chi connectivity index (χ1v) is 14.1. The van der Waals surface area contributed by atoms with Crippen LogP contribution in [0.2, 0.25) is 0 Å². The van der Waals surface area contributed by atoms with Gasteiger partial charge in [0.1, 0.15) is 0 Å². The number of hydrogen-bond donors (Lipinski definition) is 0. The van der Waals surface area contributed by atoms with Crippen LogP contribution in [0.4, 0.5) is 0 Å². The molecule has 0 atom stereocenters. The number of rotatable bonds is 2. The van der Waals surface area contributed by atoms with Gasteiger partial charge < -0.3 is 9.13 Å². The Balaban J connectivity index is 1.50. The minimum Gasteiger partial charge on any atom is -0.309 e. The van der Waals surface area contributed by atoms with E-state index in [9.17, 15) is 0 Å². The number of fused-ring (bicyclic) bond motifs is 9. The van der Waals surface area contributed by atoms with Crippen molar-refractivity contribution in [3.8, 4) is 11.4 Å². The Bertz CT molecular complexity index is 2390. The summed E-state index contributed by atoms with van der Waals surface area (Å²) in [5.41, 5.74) is 7.33. The molecule has 9 rings (SSSR count). The van der Waals surface area contributed by atoms with Gasteiger partial charge in [-0.25, -0.2) is 0 Å². The van der Waals surface area contributed by atoms with Crippen LogP contribution >= 0.6 is 11.3 Å². The van der Waals surface area contributed by atoms with Gasteiger partial charge in [-0.05, 0) is 54.6 Å². The van der Waals surface area contributed by atoms with Crippen LogP contribution in [0.1, 0.15) is 0 Å². The molecule has 182 valence electrons. The highest BCUT2D eigenvalue weighted by atomic mass is 32.1. The lowest BCUT2D eigenvalue weighted by Gasteiger charge is -2.11. The fourth-order valence-electron chi connectivity index (χ4n) is 6.49. The van der Waals surface area contributed by atoms with Gasteiger partial charge in [-0.3, -0.25) is 0 Å². The standard InChI is InChI=1S/C36H22N2S/c1-2-11-23(12-3-1)37-29-16-7-4-13-24(29)27-21-28-25-14-5-8-17-30(25)38(33(28)22-32(27)37)31-18-10-20-35-36(31)26-15-6-9-19-34(26)39-35/h1-22H. The van der Waals surface area contributed by atoms with E-state index >= 15 is 0 Å². The zero-order valence-corrected chi connectivity index (χ0v) is 21.8. The lowest BCUT2D eigenvalue weighted by Crippen LogP contribution is -1.96. The highest BCUT2D eigenvalue weighted by Crippen LogP contribution is 2.43. The van der Waals surface area contributed by atoms with Gasteiger partial charge in [-0.1, -0.05) is 78.9 Å². The van der Waals surface area contributed by atoms with Crippen molar-refractivity contribution in [1.82, 2.24) is 9.13 Å². The molecule has 0 amide bonds. The van der Waals surface area contributed by atoms with E-state index in [1.165, 1.54) is 75.2 Å². The molecule has 0 radical (unpaired) electrons. The van der Waals surface area contributed by atoms with Crippen LogP contribution in [0.25, 0.3) is 75.2 Å². The van der Waals surface area contributed by atoms with Crippen molar-refractivity contribution >= 4 is 75.1 Å². The molecule has 0 aliphatic carbocycles. The van der Waals surface area contributed by atoms with E-state index in [2.05, 4.69) is 143 Å². The van der Waals surface area contributed by atoms with E-state index in [1.54, 1.807) is 0 Å². The van der Waals surface area contributed by atoms with Crippen molar-refractivity contribution in [2.75, 3.05) is 0 Å². The average molecular weight is 515 g/mol. The van der Waals surface area contributed by atoms with Crippen LogP contribution in [0, 0.1) is 0 Å². The fourth-order valence-corrected chi connectivity index (χ4v) is 7.61. The van der Waals surface area contributed by atoms with E-state index in [-0.39, 0.29) is 0 Å². The summed E-state index contributed by atoms with van der Waals surface area (Å²) in [5, 5.41) is 7.76. The molecule has 3 heterocycles. The number of aromatic nitrogens is 2. The zero-order valence-electron chi connectivity index (χ0n) is 21.0. The molecule has 0 aliphatic heterocycles. The van der Waals surface area contributed by atoms with E-state index in [0.29, 0.717) is 0 Å². The van der Waals surface area contributed by atoms with Crippen molar-refractivity contribution in [3.05, 3.63) is 133 Å². The van der Waals surface area contributed by atoms with E-state index in [4.69, 9.17) is 0 Å². The second-order valence-electron chi connectivity index (χ2n) is 10.2. The predicted octanol–water partition coefficient (Wildman–Crippen LogP) is 10.2. The van der Waals surface area contributed by atoms with Gasteiger partial charge in [0.25, 0.3) is 0 Å². The topological polar surface area (TPSA) is 9.86 Å². The van der Waals surface area contributed by atoms with Gasteiger partial charge in [0.2, 0.25) is 0 Å². The molecule has 6 aromatic carbocycles. The van der Waals surface area contributed by atoms with Gasteiger partial charge in [-0.15, -0.1) is 11.3 Å². The SMILES string of the molecule is c1ccc(-n2c3ccccc3c3cc4c5ccccc5n(-c5cccc6sc7ccccc7c56)c4cc32)cc1. The summed E-state index contributed by atoms with van der Waals surface area (Å²) in [7, 11) is 0. The summed E-state index contributed by atoms with van der Waals surface area (Å²) in [6, 6.07) is 48.7. The molecule has 9 aromatic rings. The lowest BCUT2D eigenvalue weighted by molar-refractivity contribution is 1.17. The molecule has 0 fully saturated rings. The maximum atomic E-state index is 2.48. The lowest BCUT2D eigenvalue weighted by atomic mass is 10.1. The van der Waals surface area contributed by atoms with Crippen molar-refractivity contribution in [2.24, 2.45) is 0 Å². The summed E-state index contributed by atoms with van der Waals surface area (Å²) in [4.78, 5) is 0. The molecule has 39 heavy (non-hydrogen) atoms. The summed E-state index contributed by atoms with van der Waals surface area (Å²) < 4.78 is 7.54. The number of benzene rings is 6. The Hall–Kier alpha value is -4.86. The fraction of sp³-hybridized carbons (Fsp3) is 0. The van der Waals surface area contributed by atoms with Crippen LogP contribution in [-0.2, 0) is 0 Å². The smallest absolute Gasteiger partial charge is 0.0562 e. The van der Waals surface area contributed by atoms with Crippen molar-refractivity contribution in [2.45, 2.75) is 0 Å². The Morgan fingerprint density at radius 2 is 0.974 bits per heavy atom. The molecule has 3 heteroatoms. The number of para-hydroxylation sites is 3. The maximum Gasteiger partial charge on any atom is 0.0562 e. The van der Waals surface area contributed by atoms with Crippen LogP contribution in [0.5, 0.6) is 0 Å². The first kappa shape index (κ1) is 21.1. The number of hydrogen-bond acceptors (Lipinski definition) is 1. The van der Waals surface area contributed by atoms with E-state index < -0.39 is 0 Å². The summed E-state index contributed by atoms with van der Waals surface area (Å²) >= 11 is 1.87. The summed E-state index contributed by atoms with van der Waals surface area (Å²) in [6.07, 6.45) is 0. The number of nitrogens with zero attached hydrogens (tertiary/aromatic N) is 2. The average Bonchev–Trinajstić information content (AvgIpc) is 3.64. The molecular weight excluding hydrogens is 492 g/mol. The summed E-state index contributed by atoms with van der Waals surface area (Å²) in [5.74, 6) is 0. The largest absolute Gasteiger partial charge is 0.309 e. The normalized spacial score (nSPS) is 12.1. The highest BCUT2D eigenvalue weighted by molar-refractivity contribution is 7.25. The van der Waals surface area contributed by atoms with Crippen LogP contribution < -0.4 is 0 Å². The number of thiophene rings is 1. The van der Waals surface area contributed by atoms with E-state index in [1.807, 2.05) is 11.3 Å². The third-order valence-electron chi connectivity index (χ3n) is 8.10. The third kappa shape index (κ3) is 2.85. The Kier molecular flexibility index (Phi) is 4.24. The molecule has 0 N–H and O–H groups in total. The first-order valence-electron chi connectivity index (χ1n) is 13.3. The van der Waals surface area contributed by atoms with Gasteiger partial charge in [0, 0.05) is 47.4 Å². The maximum absolute atomic E-state index is 2.48. The van der Waals surface area contributed by atoms with Crippen molar-refractivity contribution in [1.29, 1.82) is 0 Å². The van der Waals surface area contributed by atoms with Crippen LogP contribution in [0.3, 0.4) is 0 Å². The second-order valence-corrected chi connectivity index (χ2v) is 11.3. The Morgan fingerprint density at radius 1 is 0.385 bits per heavy atom. The Morgan fingerprint density at radius 3 is 1.74 bits per heavy atom. The van der Waals surface area contributed by atoms with Crippen molar-refractivity contribution < 1.29 is 0 Å².